The van der Waals surface area contributed by atoms with E-state index in [9.17, 15) is 0 Å². The Balaban J connectivity index is 2.69. The number of methoxy groups -OCH3 is 2. The van der Waals surface area contributed by atoms with Crippen LogP contribution in [0, 0.1) is 0 Å². The van der Waals surface area contributed by atoms with Crippen molar-refractivity contribution in [1.82, 2.24) is 0 Å². The molecule has 0 aliphatic carbocycles. The largest absolute Gasteiger partial charge is 0.493 e. The summed E-state index contributed by atoms with van der Waals surface area (Å²) in [7, 11) is 3.35. The first-order chi connectivity index (χ1) is 8.21. The molecule has 3 nitrogen and oxygen atoms in total. The van der Waals surface area contributed by atoms with E-state index in [1.54, 1.807) is 14.2 Å². The molecule has 0 N–H and O–H groups in total. The van der Waals surface area contributed by atoms with Crippen LogP contribution in [0.15, 0.2) is 18.2 Å². The standard InChI is InChI=1S/C13H19BrO3/c1-10(6-7-15-2)17-12-5-4-11(9-14)8-13(12)16-3/h4-5,8,10H,6-7,9H2,1-3H3. The zero-order valence-corrected chi connectivity index (χ0v) is 12.1. The molecule has 0 aliphatic heterocycles. The Hall–Kier alpha value is -0.740. The topological polar surface area (TPSA) is 27.7 Å². The average Bonchev–Trinajstić information content (AvgIpc) is 2.36. The van der Waals surface area contributed by atoms with E-state index in [4.69, 9.17) is 14.2 Å². The minimum absolute atomic E-state index is 0.110. The van der Waals surface area contributed by atoms with E-state index in [0.29, 0.717) is 6.61 Å². The van der Waals surface area contributed by atoms with Crippen molar-refractivity contribution in [1.29, 1.82) is 0 Å². The van der Waals surface area contributed by atoms with Gasteiger partial charge < -0.3 is 14.2 Å². The molecule has 1 atom stereocenters. The third kappa shape index (κ3) is 4.56. The van der Waals surface area contributed by atoms with Gasteiger partial charge in [-0.2, -0.15) is 0 Å². The SMILES string of the molecule is COCCC(C)Oc1ccc(CBr)cc1OC. The molecular weight excluding hydrogens is 284 g/mol. The van der Waals surface area contributed by atoms with Gasteiger partial charge in [0.15, 0.2) is 11.5 Å². The molecule has 0 aromatic heterocycles. The van der Waals surface area contributed by atoms with Crippen molar-refractivity contribution < 1.29 is 14.2 Å². The van der Waals surface area contributed by atoms with Crippen LogP contribution in [-0.2, 0) is 10.1 Å². The highest BCUT2D eigenvalue weighted by atomic mass is 79.9. The van der Waals surface area contributed by atoms with Gasteiger partial charge in [-0.15, -0.1) is 0 Å². The molecular formula is C13H19BrO3. The lowest BCUT2D eigenvalue weighted by Crippen LogP contribution is -2.14. The number of alkyl halides is 1. The molecule has 0 bridgehead atoms. The van der Waals surface area contributed by atoms with Crippen molar-refractivity contribution in [2.45, 2.75) is 24.8 Å². The van der Waals surface area contributed by atoms with Crippen LogP contribution in [-0.4, -0.2) is 26.9 Å². The maximum absolute atomic E-state index is 5.82. The van der Waals surface area contributed by atoms with E-state index in [1.807, 2.05) is 25.1 Å². The summed E-state index contributed by atoms with van der Waals surface area (Å²) in [6.45, 7) is 2.72. The zero-order chi connectivity index (χ0) is 12.7. The molecule has 0 saturated heterocycles. The summed E-state index contributed by atoms with van der Waals surface area (Å²) in [5, 5.41) is 0.808. The van der Waals surface area contributed by atoms with Gasteiger partial charge in [-0.25, -0.2) is 0 Å². The Bertz CT molecular complexity index is 341. The van der Waals surface area contributed by atoms with Crippen molar-refractivity contribution in [3.63, 3.8) is 0 Å². The fraction of sp³-hybridized carbons (Fsp3) is 0.538. The second-order valence-electron chi connectivity index (χ2n) is 3.83. The van der Waals surface area contributed by atoms with Crippen LogP contribution in [0.25, 0.3) is 0 Å². The fourth-order valence-electron chi connectivity index (χ4n) is 1.45. The van der Waals surface area contributed by atoms with Crippen molar-refractivity contribution in [2.75, 3.05) is 20.8 Å². The van der Waals surface area contributed by atoms with Crippen LogP contribution in [0.2, 0.25) is 0 Å². The zero-order valence-electron chi connectivity index (χ0n) is 10.5. The normalized spacial score (nSPS) is 12.2. The number of ether oxygens (including phenoxy) is 3. The van der Waals surface area contributed by atoms with E-state index < -0.39 is 0 Å². The van der Waals surface area contributed by atoms with Gasteiger partial charge in [0.2, 0.25) is 0 Å². The Labute approximate surface area is 111 Å². The molecule has 0 aliphatic rings. The maximum atomic E-state index is 5.82. The van der Waals surface area contributed by atoms with Gasteiger partial charge in [-0.3, -0.25) is 0 Å². The first kappa shape index (κ1) is 14.3. The Morgan fingerprint density at radius 1 is 1.24 bits per heavy atom. The number of halogens is 1. The predicted molar refractivity (Wildman–Crippen MR) is 72.2 cm³/mol. The predicted octanol–water partition coefficient (Wildman–Crippen LogP) is 3.39. The highest BCUT2D eigenvalue weighted by Crippen LogP contribution is 2.29. The smallest absolute Gasteiger partial charge is 0.161 e. The van der Waals surface area contributed by atoms with E-state index in [-0.39, 0.29) is 6.10 Å². The summed E-state index contributed by atoms with van der Waals surface area (Å²) in [6, 6.07) is 5.95. The molecule has 0 amide bonds. The van der Waals surface area contributed by atoms with Crippen LogP contribution in [0.4, 0.5) is 0 Å². The molecule has 1 rings (SSSR count). The van der Waals surface area contributed by atoms with Gasteiger partial charge in [0, 0.05) is 25.5 Å². The van der Waals surface area contributed by atoms with Crippen LogP contribution in [0.3, 0.4) is 0 Å². The summed E-state index contributed by atoms with van der Waals surface area (Å²) < 4.78 is 16.2. The molecule has 1 aromatic carbocycles. The lowest BCUT2D eigenvalue weighted by atomic mass is 10.2. The van der Waals surface area contributed by atoms with Crippen LogP contribution in [0.1, 0.15) is 18.9 Å². The third-order valence-electron chi connectivity index (χ3n) is 2.44. The van der Waals surface area contributed by atoms with Crippen molar-refractivity contribution in [3.05, 3.63) is 23.8 Å². The van der Waals surface area contributed by atoms with Crippen molar-refractivity contribution >= 4 is 15.9 Å². The highest BCUT2D eigenvalue weighted by Gasteiger charge is 2.09. The fourth-order valence-corrected chi connectivity index (χ4v) is 1.80. The number of hydrogen-bond acceptors (Lipinski definition) is 3. The Morgan fingerprint density at radius 2 is 2.00 bits per heavy atom. The summed E-state index contributed by atoms with van der Waals surface area (Å²) in [5.41, 5.74) is 1.17. The van der Waals surface area contributed by atoms with E-state index in [0.717, 1.165) is 23.2 Å². The molecule has 17 heavy (non-hydrogen) atoms. The molecule has 0 saturated carbocycles. The highest BCUT2D eigenvalue weighted by molar-refractivity contribution is 9.08. The second kappa shape index (κ2) is 7.56. The van der Waals surface area contributed by atoms with Crippen molar-refractivity contribution in [2.24, 2.45) is 0 Å². The minimum Gasteiger partial charge on any atom is -0.493 e. The summed E-state index contributed by atoms with van der Waals surface area (Å²) in [6.07, 6.45) is 0.971. The molecule has 1 aromatic rings. The first-order valence-corrected chi connectivity index (χ1v) is 6.72. The van der Waals surface area contributed by atoms with Gasteiger partial charge in [-0.1, -0.05) is 22.0 Å². The first-order valence-electron chi connectivity index (χ1n) is 5.59. The second-order valence-corrected chi connectivity index (χ2v) is 4.39. The van der Waals surface area contributed by atoms with Crippen LogP contribution >= 0.6 is 15.9 Å². The lowest BCUT2D eigenvalue weighted by molar-refractivity contribution is 0.132. The van der Waals surface area contributed by atoms with Crippen LogP contribution < -0.4 is 9.47 Å². The molecule has 0 spiro atoms. The van der Waals surface area contributed by atoms with E-state index >= 15 is 0 Å². The number of benzene rings is 1. The average molecular weight is 303 g/mol. The number of hydrogen-bond donors (Lipinski definition) is 0. The summed E-state index contributed by atoms with van der Waals surface area (Å²) in [5.74, 6) is 1.55. The lowest BCUT2D eigenvalue weighted by Gasteiger charge is -2.17. The van der Waals surface area contributed by atoms with E-state index in [2.05, 4.69) is 15.9 Å². The van der Waals surface area contributed by atoms with Gasteiger partial charge in [0.1, 0.15) is 0 Å². The Morgan fingerprint density at radius 3 is 2.59 bits per heavy atom. The van der Waals surface area contributed by atoms with Crippen molar-refractivity contribution in [3.8, 4) is 11.5 Å². The monoisotopic (exact) mass is 302 g/mol. The summed E-state index contributed by atoms with van der Waals surface area (Å²) in [4.78, 5) is 0. The van der Waals surface area contributed by atoms with Gasteiger partial charge in [0.05, 0.1) is 13.2 Å². The van der Waals surface area contributed by atoms with Crippen LogP contribution in [0.5, 0.6) is 11.5 Å². The molecule has 1 unspecified atom stereocenters. The molecule has 0 fully saturated rings. The molecule has 0 radical (unpaired) electrons. The van der Waals surface area contributed by atoms with Gasteiger partial charge in [0.25, 0.3) is 0 Å². The maximum Gasteiger partial charge on any atom is 0.161 e. The van der Waals surface area contributed by atoms with Gasteiger partial charge in [-0.05, 0) is 24.6 Å². The number of rotatable bonds is 7. The minimum atomic E-state index is 0.110. The summed E-state index contributed by atoms with van der Waals surface area (Å²) >= 11 is 3.42. The molecule has 96 valence electrons. The van der Waals surface area contributed by atoms with E-state index in [1.165, 1.54) is 5.56 Å². The third-order valence-corrected chi connectivity index (χ3v) is 3.09. The quantitative estimate of drug-likeness (QED) is 0.723. The molecule has 0 heterocycles. The van der Waals surface area contributed by atoms with Gasteiger partial charge >= 0.3 is 0 Å². The molecule has 4 heteroatoms. The Kier molecular flexibility index (Phi) is 6.37.